The Balaban J connectivity index is 2.29. The molecule has 0 aromatic rings. The second-order valence-corrected chi connectivity index (χ2v) is 19.2. The molecule has 0 radical (unpaired) electrons. The van der Waals surface area contributed by atoms with Gasteiger partial charge in [-0.25, -0.2) is 0 Å². The normalized spacial score (nSPS) is 20.7. The highest BCUT2D eigenvalue weighted by atomic mass is 16.7. The maximum atomic E-state index is 13.1. The molecule has 1 aliphatic rings. The molecule has 1 saturated heterocycles. The summed E-state index contributed by atoms with van der Waals surface area (Å²) in [4.78, 5) is 13.1. The number of aliphatic hydroxyl groups excluding tert-OH is 6. The number of carbonyl (C=O) groups excluding carboxylic acids is 1. The highest BCUT2D eigenvalue weighted by Gasteiger charge is 2.44. The maximum Gasteiger partial charge on any atom is 0.220 e. The molecule has 1 fully saturated rings. The molecule has 1 heterocycles. The smallest absolute Gasteiger partial charge is 0.220 e. The zero-order chi connectivity index (χ0) is 45.3. The van der Waals surface area contributed by atoms with Gasteiger partial charge in [0, 0.05) is 6.42 Å². The summed E-state index contributed by atoms with van der Waals surface area (Å²) in [5, 5.41) is 65.4. The van der Waals surface area contributed by atoms with Gasteiger partial charge in [-0.05, 0) is 12.8 Å². The number of ether oxygens (including phenoxy) is 2. The first-order valence-corrected chi connectivity index (χ1v) is 26.8. The molecule has 8 atom stereocenters. The quantitative estimate of drug-likeness (QED) is 0.0294. The van der Waals surface area contributed by atoms with Crippen LogP contribution in [-0.2, 0) is 14.3 Å². The standard InChI is InChI=1S/C52H103NO9/c1-3-5-7-9-11-13-15-17-19-21-22-23-24-25-27-29-31-33-35-37-39-41-47(56)53-44(43-61-52-51(60)50(59)49(58)46(42-54)62-52)48(57)45(55)40-38-36-34-32-30-28-26-20-18-16-14-12-10-8-6-4-2/h44-46,48-52,54-55,57-60H,3-43H2,1-2H3,(H,53,56)/t44-,45+,46+,48-,49-,50?,51?,52+/m0/s1. The third-order valence-electron chi connectivity index (χ3n) is 13.3. The Labute approximate surface area is 381 Å². The van der Waals surface area contributed by atoms with Crippen molar-refractivity contribution in [2.75, 3.05) is 13.2 Å². The van der Waals surface area contributed by atoms with Crippen LogP contribution in [-0.4, -0.2) is 98.7 Å². The zero-order valence-electron chi connectivity index (χ0n) is 40.5. The molecular weight excluding hydrogens is 783 g/mol. The molecule has 2 unspecified atom stereocenters. The molecule has 7 N–H and O–H groups in total. The Hall–Kier alpha value is -0.850. The van der Waals surface area contributed by atoms with E-state index in [4.69, 9.17) is 9.47 Å². The van der Waals surface area contributed by atoms with Crippen LogP contribution in [0.3, 0.4) is 0 Å². The van der Waals surface area contributed by atoms with Crippen LogP contribution in [0.4, 0.5) is 0 Å². The van der Waals surface area contributed by atoms with Crippen LogP contribution >= 0.6 is 0 Å². The van der Waals surface area contributed by atoms with Crippen LogP contribution in [0, 0.1) is 0 Å². The van der Waals surface area contributed by atoms with Crippen LogP contribution in [0.15, 0.2) is 0 Å². The van der Waals surface area contributed by atoms with Gasteiger partial charge in [0.15, 0.2) is 6.29 Å². The second-order valence-electron chi connectivity index (χ2n) is 19.2. The highest BCUT2D eigenvalue weighted by molar-refractivity contribution is 5.76. The summed E-state index contributed by atoms with van der Waals surface area (Å²) >= 11 is 0. The molecule has 0 saturated carbocycles. The molecule has 0 aromatic carbocycles. The fourth-order valence-corrected chi connectivity index (χ4v) is 8.97. The SMILES string of the molecule is CCCCCCCCCCCCCCCCCCCCCCCC(=O)N[C@@H](CO[C@@H]1O[C@H](CO)[C@H](O)C(O)C1O)[C@H](O)[C@H](O)CCCCCCCCCCCCCCCCCC. The van der Waals surface area contributed by atoms with Crippen molar-refractivity contribution < 1.29 is 44.9 Å². The van der Waals surface area contributed by atoms with Gasteiger partial charge in [0.25, 0.3) is 0 Å². The van der Waals surface area contributed by atoms with Gasteiger partial charge in [-0.1, -0.05) is 245 Å². The van der Waals surface area contributed by atoms with E-state index >= 15 is 0 Å². The molecule has 0 spiro atoms. The fraction of sp³-hybridized carbons (Fsp3) is 0.981. The van der Waals surface area contributed by atoms with E-state index in [2.05, 4.69) is 19.2 Å². The Kier molecular flexibility index (Phi) is 40.8. The van der Waals surface area contributed by atoms with Gasteiger partial charge in [0.1, 0.15) is 30.5 Å². The summed E-state index contributed by atoms with van der Waals surface area (Å²) < 4.78 is 11.2. The van der Waals surface area contributed by atoms with Crippen LogP contribution in [0.1, 0.15) is 264 Å². The highest BCUT2D eigenvalue weighted by Crippen LogP contribution is 2.23. The Bertz CT molecular complexity index is 957. The zero-order valence-corrected chi connectivity index (χ0v) is 40.5. The van der Waals surface area contributed by atoms with E-state index in [1.54, 1.807) is 0 Å². The van der Waals surface area contributed by atoms with Crippen LogP contribution in [0.5, 0.6) is 0 Å². The molecule has 0 bridgehead atoms. The Morgan fingerprint density at radius 3 is 1.19 bits per heavy atom. The first-order chi connectivity index (χ1) is 30.3. The number of aliphatic hydroxyl groups is 6. The van der Waals surface area contributed by atoms with E-state index in [1.165, 1.54) is 199 Å². The Morgan fingerprint density at radius 2 is 0.839 bits per heavy atom. The van der Waals surface area contributed by atoms with E-state index in [0.717, 1.165) is 38.5 Å². The summed E-state index contributed by atoms with van der Waals surface area (Å²) in [6, 6.07) is -0.985. The Morgan fingerprint density at radius 1 is 0.500 bits per heavy atom. The third kappa shape index (κ3) is 31.9. The summed E-state index contributed by atoms with van der Waals surface area (Å²) in [7, 11) is 0. The lowest BCUT2D eigenvalue weighted by Gasteiger charge is -2.40. The van der Waals surface area contributed by atoms with Crippen molar-refractivity contribution in [1.82, 2.24) is 5.32 Å². The molecule has 0 aliphatic carbocycles. The van der Waals surface area contributed by atoms with Crippen molar-refractivity contribution in [3.8, 4) is 0 Å². The maximum absolute atomic E-state index is 13.1. The summed E-state index contributed by atoms with van der Waals surface area (Å²) in [5.41, 5.74) is 0. The van der Waals surface area contributed by atoms with Crippen molar-refractivity contribution in [3.63, 3.8) is 0 Å². The van der Waals surface area contributed by atoms with Crippen molar-refractivity contribution in [2.24, 2.45) is 0 Å². The van der Waals surface area contributed by atoms with Crippen LogP contribution in [0.25, 0.3) is 0 Å². The minimum Gasteiger partial charge on any atom is -0.394 e. The molecule has 1 aliphatic heterocycles. The lowest BCUT2D eigenvalue weighted by Crippen LogP contribution is -2.60. The molecule has 1 amide bonds. The minimum atomic E-state index is -1.60. The number of rotatable bonds is 46. The first kappa shape index (κ1) is 59.2. The van der Waals surface area contributed by atoms with E-state index in [-0.39, 0.29) is 18.9 Å². The summed E-state index contributed by atoms with van der Waals surface area (Å²) in [6.45, 7) is 3.65. The molecule has 0 aromatic heterocycles. The third-order valence-corrected chi connectivity index (χ3v) is 13.3. The first-order valence-electron chi connectivity index (χ1n) is 26.8. The summed E-state index contributed by atoms with van der Waals surface area (Å²) in [5.74, 6) is -0.251. The molecule has 62 heavy (non-hydrogen) atoms. The average molecular weight is 886 g/mol. The van der Waals surface area contributed by atoms with Crippen molar-refractivity contribution in [2.45, 2.75) is 313 Å². The largest absolute Gasteiger partial charge is 0.394 e. The predicted octanol–water partition coefficient (Wildman–Crippen LogP) is 11.3. The topological polar surface area (TPSA) is 169 Å². The van der Waals surface area contributed by atoms with Gasteiger partial charge in [-0.2, -0.15) is 0 Å². The van der Waals surface area contributed by atoms with E-state index in [1.807, 2.05) is 0 Å². The van der Waals surface area contributed by atoms with Gasteiger partial charge in [-0.15, -0.1) is 0 Å². The van der Waals surface area contributed by atoms with E-state index < -0.39 is 55.6 Å². The van der Waals surface area contributed by atoms with Crippen molar-refractivity contribution in [1.29, 1.82) is 0 Å². The van der Waals surface area contributed by atoms with Crippen LogP contribution in [0.2, 0.25) is 0 Å². The number of hydrogen-bond donors (Lipinski definition) is 7. The lowest BCUT2D eigenvalue weighted by molar-refractivity contribution is -0.303. The molecule has 10 nitrogen and oxygen atoms in total. The van der Waals surface area contributed by atoms with Gasteiger partial charge in [0.2, 0.25) is 5.91 Å². The van der Waals surface area contributed by atoms with Gasteiger partial charge in [-0.3, -0.25) is 4.79 Å². The van der Waals surface area contributed by atoms with Crippen LogP contribution < -0.4 is 5.32 Å². The molecule has 370 valence electrons. The average Bonchev–Trinajstić information content (AvgIpc) is 3.27. The van der Waals surface area contributed by atoms with Gasteiger partial charge < -0.3 is 45.4 Å². The van der Waals surface area contributed by atoms with E-state index in [9.17, 15) is 35.4 Å². The number of carbonyl (C=O) groups is 1. The predicted molar refractivity (Wildman–Crippen MR) is 255 cm³/mol. The van der Waals surface area contributed by atoms with Gasteiger partial charge >= 0.3 is 0 Å². The second kappa shape index (κ2) is 42.8. The van der Waals surface area contributed by atoms with E-state index in [0.29, 0.717) is 6.42 Å². The molecule has 10 heteroatoms. The number of nitrogens with one attached hydrogen (secondary N) is 1. The lowest BCUT2D eigenvalue weighted by atomic mass is 9.98. The fourth-order valence-electron chi connectivity index (χ4n) is 8.97. The number of unbranched alkanes of at least 4 members (excludes halogenated alkanes) is 35. The molecular formula is C52H103NO9. The minimum absolute atomic E-state index is 0.251. The monoisotopic (exact) mass is 886 g/mol. The summed E-state index contributed by atoms with van der Waals surface area (Å²) in [6.07, 6.45) is 38.2. The molecule has 1 rings (SSSR count). The number of hydrogen-bond acceptors (Lipinski definition) is 9. The van der Waals surface area contributed by atoms with Gasteiger partial charge in [0.05, 0.1) is 25.4 Å². The van der Waals surface area contributed by atoms with Crippen molar-refractivity contribution >= 4 is 5.91 Å². The number of amides is 1. The van der Waals surface area contributed by atoms with Crippen molar-refractivity contribution in [3.05, 3.63) is 0 Å².